The number of benzene rings is 2. The molecule has 0 unspecified atom stereocenters. The molecule has 3 heteroatoms. The van der Waals surface area contributed by atoms with Gasteiger partial charge in [0.05, 0.1) is 5.52 Å². The van der Waals surface area contributed by atoms with Crippen LogP contribution in [-0.4, -0.2) is 9.55 Å². The van der Waals surface area contributed by atoms with E-state index in [9.17, 15) is 5.26 Å². The Kier molecular flexibility index (Phi) is 2.31. The molecule has 0 aliphatic carbocycles. The van der Waals surface area contributed by atoms with E-state index in [0.29, 0.717) is 5.69 Å². The van der Waals surface area contributed by atoms with Gasteiger partial charge in [-0.15, -0.1) is 0 Å². The van der Waals surface area contributed by atoms with Crippen molar-refractivity contribution in [2.45, 2.75) is 6.92 Å². The van der Waals surface area contributed by atoms with Gasteiger partial charge in [0.2, 0.25) is 0 Å². The van der Waals surface area contributed by atoms with Crippen molar-refractivity contribution in [2.75, 3.05) is 0 Å². The molecule has 100 valence electrons. The van der Waals surface area contributed by atoms with Gasteiger partial charge >= 0.3 is 0 Å². The Morgan fingerprint density at radius 3 is 2.67 bits per heavy atom. The summed E-state index contributed by atoms with van der Waals surface area (Å²) in [5, 5.41) is 13.7. The van der Waals surface area contributed by atoms with Crippen molar-refractivity contribution in [3.8, 4) is 6.07 Å². The number of hydrogen-bond donors (Lipinski definition) is 0. The zero-order valence-corrected chi connectivity index (χ0v) is 11.9. The van der Waals surface area contributed by atoms with Crippen LogP contribution in [0.3, 0.4) is 0 Å². The molecule has 3 nitrogen and oxygen atoms in total. The monoisotopic (exact) mass is 271 g/mol. The van der Waals surface area contributed by atoms with Gasteiger partial charge in [0.25, 0.3) is 0 Å². The summed E-state index contributed by atoms with van der Waals surface area (Å²) in [7, 11) is 2.09. The molecule has 0 bridgehead atoms. The lowest BCUT2D eigenvalue weighted by molar-refractivity contribution is 1.01. The van der Waals surface area contributed by atoms with Crippen molar-refractivity contribution in [1.82, 2.24) is 9.55 Å². The first-order chi connectivity index (χ1) is 10.2. The molecular formula is C18H13N3. The Morgan fingerprint density at radius 2 is 1.86 bits per heavy atom. The summed E-state index contributed by atoms with van der Waals surface area (Å²) in [5.41, 5.74) is 4.11. The maximum absolute atomic E-state index is 9.30. The van der Waals surface area contributed by atoms with Crippen LogP contribution in [0.25, 0.3) is 32.6 Å². The number of pyridine rings is 1. The summed E-state index contributed by atoms with van der Waals surface area (Å²) in [4.78, 5) is 4.19. The molecular weight excluding hydrogens is 258 g/mol. The van der Waals surface area contributed by atoms with Gasteiger partial charge in [-0.05, 0) is 36.1 Å². The number of aromatic nitrogens is 2. The molecule has 0 amide bonds. The van der Waals surface area contributed by atoms with Gasteiger partial charge < -0.3 is 4.57 Å². The van der Waals surface area contributed by atoms with Crippen LogP contribution < -0.4 is 0 Å². The highest BCUT2D eigenvalue weighted by Crippen LogP contribution is 2.35. The third-order valence-corrected chi connectivity index (χ3v) is 4.29. The summed E-state index contributed by atoms with van der Waals surface area (Å²) in [6.07, 6.45) is 1.71. The Labute approximate surface area is 122 Å². The molecule has 0 N–H and O–H groups in total. The fourth-order valence-electron chi connectivity index (χ4n) is 3.33. The predicted molar refractivity (Wildman–Crippen MR) is 85.2 cm³/mol. The van der Waals surface area contributed by atoms with Crippen molar-refractivity contribution in [3.05, 3.63) is 53.9 Å². The molecule has 0 atom stereocenters. The largest absolute Gasteiger partial charge is 0.343 e. The molecule has 2 aromatic carbocycles. The van der Waals surface area contributed by atoms with Crippen molar-refractivity contribution in [3.63, 3.8) is 0 Å². The molecule has 4 aromatic rings. The number of para-hydroxylation sites is 1. The van der Waals surface area contributed by atoms with Crippen LogP contribution in [0.4, 0.5) is 0 Å². The standard InChI is InChI=1S/C18H13N3/c1-11-12-7-8-20-16(10-19)14(12)9-15-13-5-3-4-6-17(13)21(2)18(11)15/h3-9H,1-2H3. The van der Waals surface area contributed by atoms with Crippen molar-refractivity contribution in [1.29, 1.82) is 5.26 Å². The molecule has 0 aliphatic rings. The number of aryl methyl sites for hydroxylation is 2. The van der Waals surface area contributed by atoms with Crippen molar-refractivity contribution in [2.24, 2.45) is 7.05 Å². The lowest BCUT2D eigenvalue weighted by Gasteiger charge is -2.07. The lowest BCUT2D eigenvalue weighted by atomic mass is 10.0. The first kappa shape index (κ1) is 11.9. The van der Waals surface area contributed by atoms with Gasteiger partial charge in [-0.2, -0.15) is 5.26 Å². The van der Waals surface area contributed by atoms with E-state index in [-0.39, 0.29) is 0 Å². The molecule has 2 aromatic heterocycles. The predicted octanol–water partition coefficient (Wildman–Crippen LogP) is 4.06. The van der Waals surface area contributed by atoms with E-state index in [1.807, 2.05) is 6.07 Å². The van der Waals surface area contributed by atoms with Gasteiger partial charge in [0.1, 0.15) is 11.8 Å². The van der Waals surface area contributed by atoms with Gasteiger partial charge in [0, 0.05) is 34.9 Å². The van der Waals surface area contributed by atoms with Crippen LogP contribution in [-0.2, 0) is 7.05 Å². The van der Waals surface area contributed by atoms with E-state index < -0.39 is 0 Å². The minimum atomic E-state index is 0.491. The van der Waals surface area contributed by atoms with Crippen LogP contribution >= 0.6 is 0 Å². The highest BCUT2D eigenvalue weighted by Gasteiger charge is 2.14. The zero-order valence-electron chi connectivity index (χ0n) is 11.9. The summed E-state index contributed by atoms with van der Waals surface area (Å²) < 4.78 is 2.23. The average molecular weight is 271 g/mol. The minimum absolute atomic E-state index is 0.491. The van der Waals surface area contributed by atoms with Gasteiger partial charge in [-0.1, -0.05) is 18.2 Å². The minimum Gasteiger partial charge on any atom is -0.343 e. The number of nitriles is 1. The Hall–Kier alpha value is -2.86. The van der Waals surface area contributed by atoms with Crippen LogP contribution in [0.5, 0.6) is 0 Å². The van der Waals surface area contributed by atoms with Gasteiger partial charge in [-0.3, -0.25) is 0 Å². The van der Waals surface area contributed by atoms with E-state index in [1.165, 1.54) is 27.4 Å². The van der Waals surface area contributed by atoms with Crippen LogP contribution in [0.15, 0.2) is 42.6 Å². The van der Waals surface area contributed by atoms with Crippen molar-refractivity contribution >= 4 is 32.6 Å². The molecule has 0 spiro atoms. The fourth-order valence-corrected chi connectivity index (χ4v) is 3.33. The molecule has 0 aliphatic heterocycles. The van der Waals surface area contributed by atoms with E-state index in [1.54, 1.807) is 6.20 Å². The number of fused-ring (bicyclic) bond motifs is 4. The third kappa shape index (κ3) is 1.45. The second-order valence-corrected chi connectivity index (χ2v) is 5.34. The van der Waals surface area contributed by atoms with Gasteiger partial charge in [-0.25, -0.2) is 4.98 Å². The first-order valence-electron chi connectivity index (χ1n) is 6.88. The Balaban J connectivity index is 2.37. The SMILES string of the molecule is Cc1c2ccnc(C#N)c2cc2c3ccccc3n(C)c12. The van der Waals surface area contributed by atoms with Crippen LogP contribution in [0, 0.1) is 18.3 Å². The van der Waals surface area contributed by atoms with Crippen molar-refractivity contribution < 1.29 is 0 Å². The second kappa shape index (κ2) is 4.07. The number of rotatable bonds is 0. The molecule has 0 saturated carbocycles. The maximum atomic E-state index is 9.30. The number of hydrogen-bond acceptors (Lipinski definition) is 2. The molecule has 0 fully saturated rings. The lowest BCUT2D eigenvalue weighted by Crippen LogP contribution is -1.92. The zero-order chi connectivity index (χ0) is 14.6. The smallest absolute Gasteiger partial charge is 0.148 e. The highest BCUT2D eigenvalue weighted by atomic mass is 14.9. The molecule has 0 radical (unpaired) electrons. The maximum Gasteiger partial charge on any atom is 0.148 e. The van der Waals surface area contributed by atoms with Gasteiger partial charge in [0.15, 0.2) is 0 Å². The highest BCUT2D eigenvalue weighted by molar-refractivity contribution is 6.14. The van der Waals surface area contributed by atoms with E-state index >= 15 is 0 Å². The normalized spacial score (nSPS) is 11.3. The summed E-state index contributed by atoms with van der Waals surface area (Å²) in [6.45, 7) is 2.12. The Bertz CT molecular complexity index is 1060. The Morgan fingerprint density at radius 1 is 1.05 bits per heavy atom. The van der Waals surface area contributed by atoms with E-state index in [2.05, 4.69) is 59.9 Å². The summed E-state index contributed by atoms with van der Waals surface area (Å²) >= 11 is 0. The molecule has 2 heterocycles. The third-order valence-electron chi connectivity index (χ3n) is 4.29. The summed E-state index contributed by atoms with van der Waals surface area (Å²) in [5.74, 6) is 0. The molecule has 21 heavy (non-hydrogen) atoms. The first-order valence-corrected chi connectivity index (χ1v) is 6.88. The average Bonchev–Trinajstić information content (AvgIpc) is 2.81. The van der Waals surface area contributed by atoms with Crippen LogP contribution in [0.2, 0.25) is 0 Å². The fraction of sp³-hybridized carbons (Fsp3) is 0.111. The topological polar surface area (TPSA) is 41.6 Å². The molecule has 4 rings (SSSR count). The number of nitrogens with zero attached hydrogens (tertiary/aromatic N) is 3. The summed E-state index contributed by atoms with van der Waals surface area (Å²) in [6, 6.07) is 14.7. The second-order valence-electron chi connectivity index (χ2n) is 5.34. The van der Waals surface area contributed by atoms with E-state index in [0.717, 1.165) is 10.8 Å². The quantitative estimate of drug-likeness (QED) is 0.484. The van der Waals surface area contributed by atoms with Crippen LogP contribution in [0.1, 0.15) is 11.3 Å². The molecule has 0 saturated heterocycles. The van der Waals surface area contributed by atoms with E-state index in [4.69, 9.17) is 0 Å².